The maximum absolute atomic E-state index is 12.0. The summed E-state index contributed by atoms with van der Waals surface area (Å²) in [4.78, 5) is 12.0. The molecule has 0 saturated heterocycles. The van der Waals surface area contributed by atoms with Gasteiger partial charge in [0.25, 0.3) is 0 Å². The lowest BCUT2D eigenvalue weighted by molar-refractivity contribution is -0.122. The highest BCUT2D eigenvalue weighted by Gasteiger charge is 2.21. The number of rotatable bonds is 9. The minimum Gasteiger partial charge on any atom is -0.396 e. The second-order valence-corrected chi connectivity index (χ2v) is 5.21. The molecule has 1 aromatic rings. The van der Waals surface area contributed by atoms with Crippen molar-refractivity contribution < 1.29 is 9.90 Å². The fourth-order valence-electron chi connectivity index (χ4n) is 2.54. The van der Waals surface area contributed by atoms with Gasteiger partial charge in [-0.05, 0) is 24.3 Å². The van der Waals surface area contributed by atoms with Gasteiger partial charge in [-0.2, -0.15) is 0 Å². The Morgan fingerprint density at radius 3 is 2.35 bits per heavy atom. The number of carbonyl (C=O) groups is 1. The second-order valence-electron chi connectivity index (χ2n) is 5.21. The molecular formula is C17H27NO2. The van der Waals surface area contributed by atoms with Crippen LogP contribution in [0.15, 0.2) is 30.3 Å². The molecule has 0 heterocycles. The molecule has 3 heteroatoms. The molecule has 112 valence electrons. The number of nitrogens with one attached hydrogen (secondary N) is 1. The third kappa shape index (κ3) is 5.33. The van der Waals surface area contributed by atoms with Crippen LogP contribution >= 0.6 is 0 Å². The molecule has 0 spiro atoms. The summed E-state index contributed by atoms with van der Waals surface area (Å²) < 4.78 is 0. The Bertz CT molecular complexity index is 374. The van der Waals surface area contributed by atoms with Gasteiger partial charge in [-0.25, -0.2) is 0 Å². The van der Waals surface area contributed by atoms with Crippen LogP contribution in [0, 0.1) is 5.92 Å². The summed E-state index contributed by atoms with van der Waals surface area (Å²) in [6.45, 7) is 4.49. The number of aliphatic hydroxyl groups excluding tert-OH is 1. The Labute approximate surface area is 122 Å². The zero-order valence-corrected chi connectivity index (χ0v) is 12.6. The Morgan fingerprint density at radius 2 is 1.80 bits per heavy atom. The van der Waals surface area contributed by atoms with Crippen molar-refractivity contribution in [2.24, 2.45) is 5.92 Å². The quantitative estimate of drug-likeness (QED) is 0.679. The van der Waals surface area contributed by atoms with Gasteiger partial charge in [-0.15, -0.1) is 0 Å². The fourth-order valence-corrected chi connectivity index (χ4v) is 2.54. The van der Waals surface area contributed by atoms with E-state index in [2.05, 4.69) is 31.3 Å². The average molecular weight is 277 g/mol. The minimum atomic E-state index is 0.0826. The van der Waals surface area contributed by atoms with Crippen LogP contribution in [0.4, 0.5) is 0 Å². The zero-order valence-electron chi connectivity index (χ0n) is 12.6. The van der Waals surface area contributed by atoms with Crippen molar-refractivity contribution in [3.05, 3.63) is 35.9 Å². The van der Waals surface area contributed by atoms with E-state index in [0.29, 0.717) is 18.8 Å². The number of unbranched alkanes of at least 4 members (excludes halogenated alkanes) is 1. The highest BCUT2D eigenvalue weighted by atomic mass is 16.2. The number of aliphatic hydroxyl groups is 1. The number of benzene rings is 1. The summed E-state index contributed by atoms with van der Waals surface area (Å²) in [5.41, 5.74) is 1.18. The summed E-state index contributed by atoms with van der Waals surface area (Å²) in [6.07, 6.45) is 4.02. The van der Waals surface area contributed by atoms with E-state index in [1.807, 2.05) is 18.2 Å². The van der Waals surface area contributed by atoms with Gasteiger partial charge in [0.1, 0.15) is 0 Å². The largest absolute Gasteiger partial charge is 0.396 e. The first-order chi connectivity index (χ1) is 9.72. The Hall–Kier alpha value is -1.35. The average Bonchev–Trinajstić information content (AvgIpc) is 2.48. The van der Waals surface area contributed by atoms with Gasteiger partial charge in [0.05, 0.1) is 6.04 Å². The summed E-state index contributed by atoms with van der Waals surface area (Å²) >= 11 is 0. The molecule has 1 unspecified atom stereocenters. The molecule has 0 radical (unpaired) electrons. The van der Waals surface area contributed by atoms with Crippen molar-refractivity contribution in [1.82, 2.24) is 5.32 Å². The Kier molecular flexibility index (Phi) is 7.97. The van der Waals surface area contributed by atoms with Gasteiger partial charge < -0.3 is 10.4 Å². The van der Waals surface area contributed by atoms with Gasteiger partial charge in [0.2, 0.25) is 5.91 Å². The predicted octanol–water partition coefficient (Wildman–Crippen LogP) is 3.44. The highest BCUT2D eigenvalue weighted by molar-refractivity contribution is 5.76. The number of hydrogen-bond donors (Lipinski definition) is 2. The van der Waals surface area contributed by atoms with E-state index < -0.39 is 0 Å². The van der Waals surface area contributed by atoms with E-state index in [1.165, 1.54) is 5.56 Å². The maximum Gasteiger partial charge on any atom is 0.220 e. The van der Waals surface area contributed by atoms with E-state index in [4.69, 9.17) is 5.11 Å². The third-order valence-electron chi connectivity index (χ3n) is 3.81. The van der Waals surface area contributed by atoms with Gasteiger partial charge in [0.15, 0.2) is 0 Å². The van der Waals surface area contributed by atoms with E-state index in [0.717, 1.165) is 19.3 Å². The molecule has 1 aromatic carbocycles. The molecule has 0 saturated carbocycles. The molecule has 2 N–H and O–H groups in total. The summed E-state index contributed by atoms with van der Waals surface area (Å²) in [5.74, 6) is 0.540. The molecule has 0 aliphatic heterocycles. The summed E-state index contributed by atoms with van der Waals surface area (Å²) in [6, 6.07) is 10.3. The van der Waals surface area contributed by atoms with E-state index in [1.54, 1.807) is 0 Å². The smallest absolute Gasteiger partial charge is 0.220 e. The Balaban J connectivity index is 2.71. The van der Waals surface area contributed by atoms with Crippen LogP contribution in [0.2, 0.25) is 0 Å². The fraction of sp³-hybridized carbons (Fsp3) is 0.588. The molecule has 3 nitrogen and oxygen atoms in total. The minimum absolute atomic E-state index is 0.0826. The van der Waals surface area contributed by atoms with Crippen LogP contribution in [0.25, 0.3) is 0 Å². The third-order valence-corrected chi connectivity index (χ3v) is 3.81. The van der Waals surface area contributed by atoms with Crippen LogP contribution in [-0.2, 0) is 4.79 Å². The molecule has 0 bridgehead atoms. The molecule has 0 aromatic heterocycles. The normalized spacial score (nSPS) is 12.4. The lowest BCUT2D eigenvalue weighted by atomic mass is 9.88. The van der Waals surface area contributed by atoms with Gasteiger partial charge in [-0.3, -0.25) is 4.79 Å². The van der Waals surface area contributed by atoms with Crippen molar-refractivity contribution in [2.75, 3.05) is 6.61 Å². The molecule has 20 heavy (non-hydrogen) atoms. The first-order valence-corrected chi connectivity index (χ1v) is 7.68. The van der Waals surface area contributed by atoms with Crippen LogP contribution < -0.4 is 5.32 Å². The lowest BCUT2D eigenvalue weighted by Crippen LogP contribution is -2.33. The molecule has 1 rings (SSSR count). The number of carbonyl (C=O) groups excluding carboxylic acids is 1. The van der Waals surface area contributed by atoms with Crippen molar-refractivity contribution in [3.8, 4) is 0 Å². The molecule has 1 atom stereocenters. The standard InChI is InChI=1S/C17H27NO2/c1-3-14(4-2)17(15-10-6-5-7-11-15)18-16(20)12-8-9-13-19/h5-7,10-11,14,17,19H,3-4,8-9,12-13H2,1-2H3,(H,18,20). The topological polar surface area (TPSA) is 49.3 Å². The molecule has 0 fully saturated rings. The molecule has 0 aliphatic carbocycles. The first-order valence-electron chi connectivity index (χ1n) is 7.68. The lowest BCUT2D eigenvalue weighted by Gasteiger charge is -2.27. The zero-order chi connectivity index (χ0) is 14.8. The van der Waals surface area contributed by atoms with Gasteiger partial charge >= 0.3 is 0 Å². The molecular weight excluding hydrogens is 250 g/mol. The van der Waals surface area contributed by atoms with Gasteiger partial charge in [0, 0.05) is 13.0 Å². The SMILES string of the molecule is CCC(CC)C(NC(=O)CCCCO)c1ccccc1. The van der Waals surface area contributed by atoms with E-state index in [-0.39, 0.29) is 18.6 Å². The van der Waals surface area contributed by atoms with Crippen molar-refractivity contribution >= 4 is 5.91 Å². The van der Waals surface area contributed by atoms with E-state index in [9.17, 15) is 4.79 Å². The van der Waals surface area contributed by atoms with Crippen LogP contribution in [0.1, 0.15) is 57.6 Å². The Morgan fingerprint density at radius 1 is 1.15 bits per heavy atom. The predicted molar refractivity (Wildman–Crippen MR) is 82.3 cm³/mol. The van der Waals surface area contributed by atoms with Crippen LogP contribution in [0.5, 0.6) is 0 Å². The van der Waals surface area contributed by atoms with Crippen molar-refractivity contribution in [2.45, 2.75) is 52.0 Å². The number of hydrogen-bond acceptors (Lipinski definition) is 2. The summed E-state index contributed by atoms with van der Waals surface area (Å²) in [7, 11) is 0. The van der Waals surface area contributed by atoms with Crippen molar-refractivity contribution in [3.63, 3.8) is 0 Å². The molecule has 1 amide bonds. The van der Waals surface area contributed by atoms with E-state index >= 15 is 0 Å². The second kappa shape index (κ2) is 9.54. The summed E-state index contributed by atoms with van der Waals surface area (Å²) in [5, 5.41) is 11.9. The maximum atomic E-state index is 12.0. The van der Waals surface area contributed by atoms with Crippen LogP contribution in [0.3, 0.4) is 0 Å². The van der Waals surface area contributed by atoms with Gasteiger partial charge in [-0.1, -0.05) is 57.0 Å². The number of amides is 1. The van der Waals surface area contributed by atoms with Crippen LogP contribution in [-0.4, -0.2) is 17.6 Å². The van der Waals surface area contributed by atoms with Crippen molar-refractivity contribution in [1.29, 1.82) is 0 Å². The molecule has 0 aliphatic rings. The monoisotopic (exact) mass is 277 g/mol. The highest BCUT2D eigenvalue weighted by Crippen LogP contribution is 2.27. The first kappa shape index (κ1) is 16.7.